The molecule has 2 atom stereocenters. The van der Waals surface area contributed by atoms with E-state index in [-0.39, 0.29) is 30.4 Å². The highest BCUT2D eigenvalue weighted by atomic mass is 35.5. The van der Waals surface area contributed by atoms with Gasteiger partial charge in [0.05, 0.1) is 0 Å². The summed E-state index contributed by atoms with van der Waals surface area (Å²) in [6, 6.07) is 0.152. The Morgan fingerprint density at radius 1 is 1.65 bits per heavy atom. The predicted molar refractivity (Wildman–Crippen MR) is 69.5 cm³/mol. The predicted octanol–water partition coefficient (Wildman–Crippen LogP) is 1.30. The number of aromatic nitrogens is 2. The topological polar surface area (TPSA) is 72.1 Å². The van der Waals surface area contributed by atoms with E-state index in [9.17, 15) is 4.79 Å². The zero-order valence-electron chi connectivity index (χ0n) is 9.70. The van der Waals surface area contributed by atoms with E-state index in [1.54, 1.807) is 5.38 Å². The van der Waals surface area contributed by atoms with Crippen molar-refractivity contribution in [3.8, 4) is 0 Å². The molecule has 1 aliphatic rings. The molecule has 1 aromatic heterocycles. The molecule has 1 aromatic rings. The van der Waals surface area contributed by atoms with Crippen LogP contribution in [0.1, 0.15) is 36.7 Å². The fourth-order valence-electron chi connectivity index (χ4n) is 2.16. The molecule has 1 fully saturated rings. The number of hydrogen-bond donors (Lipinski definition) is 1. The molecule has 2 N–H and O–H groups in total. The molecule has 0 radical (unpaired) electrons. The lowest BCUT2D eigenvalue weighted by atomic mass is 9.96. The third-order valence-corrected chi connectivity index (χ3v) is 3.50. The van der Waals surface area contributed by atoms with Crippen molar-refractivity contribution in [1.82, 2.24) is 14.5 Å². The SMILES string of the molecule is CC(N)C1CCCCN1C(=O)c1csnn1.Cl. The minimum absolute atomic E-state index is 0. The molecule has 0 aromatic carbocycles. The van der Waals surface area contributed by atoms with Gasteiger partial charge in [-0.05, 0) is 37.7 Å². The number of hydrogen-bond acceptors (Lipinski definition) is 5. The lowest BCUT2D eigenvalue weighted by Gasteiger charge is -2.37. The number of halogens is 1. The van der Waals surface area contributed by atoms with Gasteiger partial charge in [-0.15, -0.1) is 17.5 Å². The third kappa shape index (κ3) is 3.14. The van der Waals surface area contributed by atoms with Gasteiger partial charge in [-0.1, -0.05) is 4.49 Å². The smallest absolute Gasteiger partial charge is 0.275 e. The molecular formula is C10H17ClN4OS. The summed E-state index contributed by atoms with van der Waals surface area (Å²) in [5, 5.41) is 5.51. The number of likely N-dealkylation sites (tertiary alicyclic amines) is 1. The highest BCUT2D eigenvalue weighted by molar-refractivity contribution is 7.03. The lowest BCUT2D eigenvalue weighted by molar-refractivity contribution is 0.0578. The Labute approximate surface area is 111 Å². The number of nitrogens with two attached hydrogens (primary N) is 1. The summed E-state index contributed by atoms with van der Waals surface area (Å²) in [6.45, 7) is 2.73. The fourth-order valence-corrected chi connectivity index (χ4v) is 2.59. The molecule has 2 unspecified atom stereocenters. The van der Waals surface area contributed by atoms with Crippen molar-refractivity contribution in [1.29, 1.82) is 0 Å². The average Bonchev–Trinajstić information content (AvgIpc) is 2.81. The number of piperidine rings is 1. The van der Waals surface area contributed by atoms with Crippen LogP contribution >= 0.6 is 23.9 Å². The molecule has 1 saturated heterocycles. The first-order valence-electron chi connectivity index (χ1n) is 5.53. The van der Waals surface area contributed by atoms with Crippen LogP contribution in [0.25, 0.3) is 0 Å². The van der Waals surface area contributed by atoms with Gasteiger partial charge in [0.15, 0.2) is 5.69 Å². The van der Waals surface area contributed by atoms with Gasteiger partial charge in [-0.3, -0.25) is 4.79 Å². The van der Waals surface area contributed by atoms with Gasteiger partial charge < -0.3 is 10.6 Å². The molecule has 5 nitrogen and oxygen atoms in total. The van der Waals surface area contributed by atoms with E-state index in [1.165, 1.54) is 11.5 Å². The Morgan fingerprint density at radius 3 is 3.00 bits per heavy atom. The molecule has 0 saturated carbocycles. The van der Waals surface area contributed by atoms with Crippen molar-refractivity contribution in [2.75, 3.05) is 6.54 Å². The normalized spacial score (nSPS) is 21.8. The van der Waals surface area contributed by atoms with Gasteiger partial charge in [0.2, 0.25) is 0 Å². The van der Waals surface area contributed by atoms with Gasteiger partial charge in [0, 0.05) is 24.0 Å². The van der Waals surface area contributed by atoms with Crippen LogP contribution in [0.3, 0.4) is 0 Å². The van der Waals surface area contributed by atoms with E-state index >= 15 is 0 Å². The molecule has 2 rings (SSSR count). The first-order valence-corrected chi connectivity index (χ1v) is 6.37. The summed E-state index contributed by atoms with van der Waals surface area (Å²) >= 11 is 1.20. The van der Waals surface area contributed by atoms with E-state index in [0.717, 1.165) is 25.8 Å². The second-order valence-electron chi connectivity index (χ2n) is 4.21. The van der Waals surface area contributed by atoms with Crippen LogP contribution in [0.5, 0.6) is 0 Å². The second-order valence-corrected chi connectivity index (χ2v) is 4.82. The first-order chi connectivity index (χ1) is 7.70. The third-order valence-electron chi connectivity index (χ3n) is 3.00. The van der Waals surface area contributed by atoms with E-state index < -0.39 is 0 Å². The largest absolute Gasteiger partial charge is 0.333 e. The monoisotopic (exact) mass is 276 g/mol. The minimum atomic E-state index is -0.0317. The standard InChI is InChI=1S/C10H16N4OS.ClH/c1-7(11)9-4-2-3-5-14(9)10(15)8-6-16-13-12-8;/h6-7,9H,2-5,11H2,1H3;1H. The highest BCUT2D eigenvalue weighted by Crippen LogP contribution is 2.21. The van der Waals surface area contributed by atoms with E-state index in [0.29, 0.717) is 5.69 Å². The average molecular weight is 277 g/mol. The Hall–Kier alpha value is -0.720. The number of carbonyl (C=O) groups is 1. The lowest BCUT2D eigenvalue weighted by Crippen LogP contribution is -2.51. The van der Waals surface area contributed by atoms with E-state index in [1.807, 2.05) is 11.8 Å². The second kappa shape index (κ2) is 6.28. The number of rotatable bonds is 2. The maximum atomic E-state index is 12.2. The summed E-state index contributed by atoms with van der Waals surface area (Å²) in [5.41, 5.74) is 6.36. The van der Waals surface area contributed by atoms with Gasteiger partial charge in [-0.25, -0.2) is 0 Å². The van der Waals surface area contributed by atoms with Crippen molar-refractivity contribution >= 4 is 29.8 Å². The maximum absolute atomic E-state index is 12.2. The number of nitrogens with zero attached hydrogens (tertiary/aromatic N) is 3. The zero-order valence-corrected chi connectivity index (χ0v) is 11.3. The first kappa shape index (κ1) is 14.3. The van der Waals surface area contributed by atoms with Crippen LogP contribution in [-0.2, 0) is 0 Å². The van der Waals surface area contributed by atoms with Crippen molar-refractivity contribution in [3.05, 3.63) is 11.1 Å². The Bertz CT molecular complexity index is 357. The van der Waals surface area contributed by atoms with E-state index in [4.69, 9.17) is 5.73 Å². The van der Waals surface area contributed by atoms with Crippen molar-refractivity contribution < 1.29 is 4.79 Å². The molecular weight excluding hydrogens is 260 g/mol. The molecule has 17 heavy (non-hydrogen) atoms. The van der Waals surface area contributed by atoms with Crippen molar-refractivity contribution in [2.24, 2.45) is 5.73 Å². The summed E-state index contributed by atoms with van der Waals surface area (Å²) in [4.78, 5) is 14.0. The highest BCUT2D eigenvalue weighted by Gasteiger charge is 2.30. The van der Waals surface area contributed by atoms with E-state index in [2.05, 4.69) is 9.59 Å². The number of carbonyl (C=O) groups excluding carboxylic acids is 1. The van der Waals surface area contributed by atoms with Crippen LogP contribution in [0, 0.1) is 0 Å². The molecule has 0 spiro atoms. The van der Waals surface area contributed by atoms with Gasteiger partial charge in [0.1, 0.15) is 0 Å². The van der Waals surface area contributed by atoms with Gasteiger partial charge >= 0.3 is 0 Å². The molecule has 96 valence electrons. The van der Waals surface area contributed by atoms with Crippen LogP contribution < -0.4 is 5.73 Å². The Kier molecular flexibility index (Phi) is 5.30. The van der Waals surface area contributed by atoms with Crippen LogP contribution in [0.15, 0.2) is 5.38 Å². The molecule has 2 heterocycles. The molecule has 7 heteroatoms. The molecule has 1 aliphatic heterocycles. The van der Waals surface area contributed by atoms with Crippen LogP contribution in [-0.4, -0.2) is 39.0 Å². The summed E-state index contributed by atoms with van der Waals surface area (Å²) in [5.74, 6) is -0.0317. The summed E-state index contributed by atoms with van der Waals surface area (Å²) in [6.07, 6.45) is 3.18. The summed E-state index contributed by atoms with van der Waals surface area (Å²) < 4.78 is 3.72. The Balaban J connectivity index is 0.00000144. The number of amides is 1. The zero-order chi connectivity index (χ0) is 11.5. The van der Waals surface area contributed by atoms with Crippen LogP contribution in [0.4, 0.5) is 0 Å². The molecule has 1 amide bonds. The maximum Gasteiger partial charge on any atom is 0.275 e. The van der Waals surface area contributed by atoms with Gasteiger partial charge in [0.25, 0.3) is 5.91 Å². The van der Waals surface area contributed by atoms with Crippen LogP contribution in [0.2, 0.25) is 0 Å². The van der Waals surface area contributed by atoms with Crippen molar-refractivity contribution in [3.63, 3.8) is 0 Å². The minimum Gasteiger partial charge on any atom is -0.333 e. The van der Waals surface area contributed by atoms with Gasteiger partial charge in [-0.2, -0.15) is 0 Å². The molecule has 0 aliphatic carbocycles. The Morgan fingerprint density at radius 2 is 2.41 bits per heavy atom. The summed E-state index contributed by atoms with van der Waals surface area (Å²) in [7, 11) is 0. The van der Waals surface area contributed by atoms with Crippen molar-refractivity contribution in [2.45, 2.75) is 38.3 Å². The quantitative estimate of drug-likeness (QED) is 0.884. The molecule has 0 bridgehead atoms. The fraction of sp³-hybridized carbons (Fsp3) is 0.700.